The summed E-state index contributed by atoms with van der Waals surface area (Å²) in [5.41, 5.74) is -0.420. The minimum atomic E-state index is -4.93. The molecule has 0 N–H and O–H groups in total. The lowest BCUT2D eigenvalue weighted by Crippen LogP contribution is -2.42. The van der Waals surface area contributed by atoms with Gasteiger partial charge in [-0.15, -0.1) is 0 Å². The number of aromatic nitrogens is 1. The Labute approximate surface area is 145 Å². The predicted octanol–water partition coefficient (Wildman–Crippen LogP) is 3.47. The van der Waals surface area contributed by atoms with Crippen molar-refractivity contribution in [3.8, 4) is 6.07 Å². The van der Waals surface area contributed by atoms with Gasteiger partial charge in [-0.3, -0.25) is 0 Å². The van der Waals surface area contributed by atoms with E-state index in [0.717, 1.165) is 30.5 Å². The second kappa shape index (κ2) is 7.07. The molecule has 0 spiro atoms. The normalized spacial score (nSPS) is 13.6. The fourth-order valence-corrected chi connectivity index (χ4v) is 4.85. The van der Waals surface area contributed by atoms with Crippen molar-refractivity contribution in [2.75, 3.05) is 6.54 Å². The van der Waals surface area contributed by atoms with Crippen LogP contribution in [0.1, 0.15) is 23.4 Å². The third kappa shape index (κ3) is 3.97. The number of nitrogens with zero attached hydrogens (tertiary/aromatic N) is 3. The van der Waals surface area contributed by atoms with Crippen molar-refractivity contribution in [2.24, 2.45) is 0 Å². The molecule has 0 bridgehead atoms. The van der Waals surface area contributed by atoms with Gasteiger partial charge in [0.1, 0.15) is 22.8 Å². The van der Waals surface area contributed by atoms with Crippen LogP contribution >= 0.6 is 11.3 Å². The fraction of sp³-hybridized carbons (Fsp3) is 0.286. The van der Waals surface area contributed by atoms with E-state index in [1.54, 1.807) is 6.07 Å². The molecular formula is C14H11F4N3O2S2. The largest absolute Gasteiger partial charge is 0.409 e. The van der Waals surface area contributed by atoms with Crippen molar-refractivity contribution >= 4 is 21.4 Å². The maximum atomic E-state index is 13.6. The van der Waals surface area contributed by atoms with Gasteiger partial charge in [0.2, 0.25) is 4.34 Å². The molecule has 134 valence electrons. The second-order valence-corrected chi connectivity index (χ2v) is 7.90. The number of alkyl halides is 3. The van der Waals surface area contributed by atoms with Crippen molar-refractivity contribution < 1.29 is 26.0 Å². The first-order valence-electron chi connectivity index (χ1n) is 6.81. The smallest absolute Gasteiger partial charge is 0.231 e. The summed E-state index contributed by atoms with van der Waals surface area (Å²) in [6.45, 7) is 0.754. The maximum Gasteiger partial charge on any atom is 0.409 e. The Morgan fingerprint density at radius 3 is 2.36 bits per heavy atom. The Bertz CT molecular complexity index is 886. The maximum absolute atomic E-state index is 13.6. The van der Waals surface area contributed by atoms with Crippen molar-refractivity contribution in [3.05, 3.63) is 46.7 Å². The Kier molecular flexibility index (Phi) is 5.46. The van der Waals surface area contributed by atoms with Crippen molar-refractivity contribution in [1.29, 1.82) is 5.26 Å². The average molecular weight is 393 g/mol. The molecule has 0 amide bonds. The van der Waals surface area contributed by atoms with Crippen LogP contribution in [0, 0.1) is 17.1 Å². The van der Waals surface area contributed by atoms with Crippen LogP contribution in [0.25, 0.3) is 0 Å². The van der Waals surface area contributed by atoms with Crippen LogP contribution in [0.15, 0.2) is 34.8 Å². The number of thiazole rings is 1. The monoisotopic (exact) mass is 393 g/mol. The van der Waals surface area contributed by atoms with Crippen molar-refractivity contribution in [3.63, 3.8) is 0 Å². The zero-order valence-corrected chi connectivity index (χ0v) is 14.3. The molecule has 1 heterocycles. The van der Waals surface area contributed by atoms with E-state index >= 15 is 0 Å². The first-order valence-corrected chi connectivity index (χ1v) is 9.07. The van der Waals surface area contributed by atoms with Gasteiger partial charge < -0.3 is 0 Å². The summed E-state index contributed by atoms with van der Waals surface area (Å²) in [5, 5.41) is 8.75. The van der Waals surface area contributed by atoms with E-state index in [2.05, 4.69) is 4.98 Å². The van der Waals surface area contributed by atoms with Crippen LogP contribution in [-0.2, 0) is 10.0 Å². The highest BCUT2D eigenvalue weighted by Gasteiger charge is 2.49. The van der Waals surface area contributed by atoms with Crippen molar-refractivity contribution in [2.45, 2.75) is 23.5 Å². The molecule has 0 saturated carbocycles. The average Bonchev–Trinajstić information content (AvgIpc) is 3.02. The highest BCUT2D eigenvalue weighted by atomic mass is 32.2. The van der Waals surface area contributed by atoms with Gasteiger partial charge in [-0.05, 0) is 17.7 Å². The topological polar surface area (TPSA) is 74.1 Å². The molecule has 0 radical (unpaired) electrons. The lowest BCUT2D eigenvalue weighted by atomic mass is 10.1. The molecule has 0 fully saturated rings. The Hall–Kier alpha value is -2.03. The Morgan fingerprint density at radius 2 is 1.92 bits per heavy atom. The molecule has 25 heavy (non-hydrogen) atoms. The van der Waals surface area contributed by atoms with Gasteiger partial charge in [-0.1, -0.05) is 30.4 Å². The van der Waals surface area contributed by atoms with Crippen LogP contribution in [0.4, 0.5) is 17.6 Å². The summed E-state index contributed by atoms with van der Waals surface area (Å²) in [5.74, 6) is -0.742. The minimum Gasteiger partial charge on any atom is -0.231 e. The van der Waals surface area contributed by atoms with Crippen LogP contribution in [0.2, 0.25) is 0 Å². The highest BCUT2D eigenvalue weighted by Crippen LogP contribution is 2.40. The van der Waals surface area contributed by atoms with Gasteiger partial charge in [0.25, 0.3) is 10.0 Å². The number of nitriles is 1. The fourth-order valence-electron chi connectivity index (χ4n) is 2.18. The number of sulfonamides is 1. The molecule has 2 rings (SSSR count). The summed E-state index contributed by atoms with van der Waals surface area (Å²) >= 11 is 0.480. The van der Waals surface area contributed by atoms with Gasteiger partial charge >= 0.3 is 6.18 Å². The van der Waals surface area contributed by atoms with Crippen LogP contribution < -0.4 is 0 Å². The Balaban J connectivity index is 2.57. The van der Waals surface area contributed by atoms with E-state index in [1.807, 2.05) is 0 Å². The molecule has 0 aliphatic carbocycles. The molecule has 0 aliphatic heterocycles. The van der Waals surface area contributed by atoms with E-state index in [4.69, 9.17) is 5.26 Å². The predicted molar refractivity (Wildman–Crippen MR) is 81.6 cm³/mol. The molecule has 11 heteroatoms. The van der Waals surface area contributed by atoms with Crippen LogP contribution in [-0.4, -0.2) is 30.4 Å². The molecule has 2 aromatic rings. The van der Waals surface area contributed by atoms with E-state index < -0.39 is 44.5 Å². The summed E-state index contributed by atoms with van der Waals surface area (Å²) in [6, 6.07) is 2.60. The van der Waals surface area contributed by atoms with E-state index in [-0.39, 0.29) is 9.18 Å². The van der Waals surface area contributed by atoms with Crippen LogP contribution in [0.5, 0.6) is 0 Å². The Morgan fingerprint density at radius 1 is 1.32 bits per heavy atom. The summed E-state index contributed by atoms with van der Waals surface area (Å²) in [6.07, 6.45) is -3.96. The quantitative estimate of drug-likeness (QED) is 0.729. The lowest BCUT2D eigenvalue weighted by Gasteiger charge is -2.31. The van der Waals surface area contributed by atoms with Crippen molar-refractivity contribution in [1.82, 2.24) is 9.29 Å². The third-order valence-electron chi connectivity index (χ3n) is 3.22. The molecule has 1 aromatic heterocycles. The van der Waals surface area contributed by atoms with E-state index in [9.17, 15) is 26.0 Å². The number of benzene rings is 1. The summed E-state index contributed by atoms with van der Waals surface area (Å²) in [7, 11) is -4.61. The molecule has 1 atom stereocenters. The lowest BCUT2D eigenvalue weighted by molar-refractivity contribution is -0.173. The van der Waals surface area contributed by atoms with Gasteiger partial charge in [0.15, 0.2) is 0 Å². The zero-order chi connectivity index (χ0) is 18.8. The number of rotatable bonds is 5. The first-order chi connectivity index (χ1) is 11.6. The standard InChI is InChI=1S/C14H11F4N3O2S2/c1-2-21(25(22,23)13-20-8-11(7-19)24-13)12(14(16,17)18)9-3-5-10(15)6-4-9/h3-6,8,12H,2H2,1H3. The van der Waals surface area contributed by atoms with Gasteiger partial charge in [-0.25, -0.2) is 17.8 Å². The summed E-state index contributed by atoms with van der Waals surface area (Å²) in [4.78, 5) is 3.50. The summed E-state index contributed by atoms with van der Waals surface area (Å²) < 4.78 is 78.6. The number of hydrogen-bond donors (Lipinski definition) is 0. The third-order valence-corrected chi connectivity index (χ3v) is 6.43. The second-order valence-electron chi connectivity index (χ2n) is 4.81. The molecule has 1 unspecified atom stereocenters. The molecular weight excluding hydrogens is 382 g/mol. The first kappa shape index (κ1) is 19.3. The van der Waals surface area contributed by atoms with Gasteiger partial charge in [0, 0.05) is 6.54 Å². The van der Waals surface area contributed by atoms with E-state index in [1.165, 1.54) is 6.92 Å². The zero-order valence-electron chi connectivity index (χ0n) is 12.7. The molecule has 0 saturated heterocycles. The SMILES string of the molecule is CCN(C(c1ccc(F)cc1)C(F)(F)F)S(=O)(=O)c1ncc(C#N)s1. The molecule has 5 nitrogen and oxygen atoms in total. The number of hydrogen-bond acceptors (Lipinski definition) is 5. The molecule has 1 aromatic carbocycles. The van der Waals surface area contributed by atoms with Crippen LogP contribution in [0.3, 0.4) is 0 Å². The number of halogens is 4. The van der Waals surface area contributed by atoms with Gasteiger partial charge in [0.05, 0.1) is 6.20 Å². The minimum absolute atomic E-state index is 0.0417. The van der Waals surface area contributed by atoms with Gasteiger partial charge in [-0.2, -0.15) is 22.7 Å². The highest BCUT2D eigenvalue weighted by molar-refractivity contribution is 7.91. The molecule has 0 aliphatic rings. The van der Waals surface area contributed by atoms with E-state index in [0.29, 0.717) is 11.3 Å².